The van der Waals surface area contributed by atoms with E-state index in [9.17, 15) is 5.11 Å². The molecule has 156 valence electrons. The van der Waals surface area contributed by atoms with Crippen molar-refractivity contribution in [1.82, 2.24) is 20.2 Å². The van der Waals surface area contributed by atoms with E-state index in [0.29, 0.717) is 11.6 Å². The summed E-state index contributed by atoms with van der Waals surface area (Å²) in [6.07, 6.45) is 6.81. The second kappa shape index (κ2) is 7.69. The lowest BCUT2D eigenvalue weighted by Gasteiger charge is -2.50. The van der Waals surface area contributed by atoms with E-state index in [0.717, 1.165) is 29.5 Å². The normalized spacial score (nSPS) is 18.1. The summed E-state index contributed by atoms with van der Waals surface area (Å²) in [4.78, 5) is 10.3. The Labute approximate surface area is 177 Å². The zero-order valence-electron chi connectivity index (χ0n) is 18.0. The van der Waals surface area contributed by atoms with Crippen LogP contribution in [0.2, 0.25) is 0 Å². The first-order valence-electron chi connectivity index (χ1n) is 10.3. The molecule has 1 aliphatic heterocycles. The van der Waals surface area contributed by atoms with Crippen molar-refractivity contribution in [3.63, 3.8) is 0 Å². The fourth-order valence-electron chi connectivity index (χ4n) is 4.36. The predicted octanol–water partition coefficient (Wildman–Crippen LogP) is 5.25. The molecule has 1 saturated heterocycles. The molecular formula is C24H28N4O2. The molecule has 3 aromatic rings. The fourth-order valence-corrected chi connectivity index (χ4v) is 4.36. The number of hydroxylamine groups is 2. The predicted molar refractivity (Wildman–Crippen MR) is 117 cm³/mol. The second-order valence-corrected chi connectivity index (χ2v) is 9.09. The number of hydrogen-bond acceptors (Lipinski definition) is 6. The van der Waals surface area contributed by atoms with Gasteiger partial charge in [-0.05, 0) is 88.4 Å². The number of pyridine rings is 1. The molecule has 1 aromatic carbocycles. The minimum absolute atomic E-state index is 0.0815. The maximum absolute atomic E-state index is 10.0. The van der Waals surface area contributed by atoms with Crippen molar-refractivity contribution in [1.29, 1.82) is 0 Å². The third-order valence-corrected chi connectivity index (χ3v) is 5.77. The number of nitrogens with zero attached hydrogens (tertiary/aromatic N) is 4. The molecule has 0 unspecified atom stereocenters. The maximum Gasteiger partial charge on any atom is 0.257 e. The zero-order valence-corrected chi connectivity index (χ0v) is 18.0. The topological polar surface area (TPSA) is 71.4 Å². The van der Waals surface area contributed by atoms with E-state index in [4.69, 9.17) is 4.84 Å². The molecule has 1 fully saturated rings. The molecule has 0 spiro atoms. The average Bonchev–Trinajstić information content (AvgIpc) is 2.71. The summed E-state index contributed by atoms with van der Waals surface area (Å²) in [5.74, 6) is 0.647. The largest absolute Gasteiger partial charge is 0.508 e. The molecule has 6 nitrogen and oxygen atoms in total. The second-order valence-electron chi connectivity index (χ2n) is 9.09. The molecule has 3 heterocycles. The van der Waals surface area contributed by atoms with Crippen LogP contribution >= 0.6 is 0 Å². The van der Waals surface area contributed by atoms with Gasteiger partial charge in [0, 0.05) is 24.0 Å². The summed E-state index contributed by atoms with van der Waals surface area (Å²) in [6, 6.07) is 12.8. The first-order chi connectivity index (χ1) is 14.3. The van der Waals surface area contributed by atoms with Crippen molar-refractivity contribution in [2.75, 3.05) is 0 Å². The molecule has 0 atom stereocenters. The number of benzene rings is 1. The summed E-state index contributed by atoms with van der Waals surface area (Å²) in [5, 5.41) is 20.8. The Morgan fingerprint density at radius 2 is 1.57 bits per heavy atom. The van der Waals surface area contributed by atoms with Gasteiger partial charge in [-0.3, -0.25) is 4.98 Å². The molecule has 1 N–H and O–H groups in total. The molecule has 2 aromatic heterocycles. The van der Waals surface area contributed by atoms with Gasteiger partial charge >= 0.3 is 0 Å². The lowest BCUT2D eigenvalue weighted by Crippen LogP contribution is -2.60. The van der Waals surface area contributed by atoms with Crippen LogP contribution in [0.25, 0.3) is 22.4 Å². The Morgan fingerprint density at radius 3 is 2.20 bits per heavy atom. The van der Waals surface area contributed by atoms with Crippen molar-refractivity contribution in [3.05, 3.63) is 54.9 Å². The number of phenols is 1. The highest BCUT2D eigenvalue weighted by atomic mass is 16.7. The highest BCUT2D eigenvalue weighted by molar-refractivity contribution is 5.82. The Morgan fingerprint density at radius 1 is 0.867 bits per heavy atom. The molecule has 0 amide bonds. The molecule has 30 heavy (non-hydrogen) atoms. The maximum atomic E-state index is 10.0. The molecule has 6 heteroatoms. The number of piperidine rings is 1. The molecule has 0 saturated carbocycles. The van der Waals surface area contributed by atoms with Crippen molar-refractivity contribution in [2.45, 2.75) is 58.0 Å². The van der Waals surface area contributed by atoms with Crippen molar-refractivity contribution < 1.29 is 9.94 Å². The van der Waals surface area contributed by atoms with Crippen LogP contribution in [0.4, 0.5) is 0 Å². The Hall–Kier alpha value is -2.99. The van der Waals surface area contributed by atoms with Crippen LogP contribution in [0.5, 0.6) is 11.6 Å². The Bertz CT molecular complexity index is 1000. The standard InChI is InChI=1S/C24H28N4O2/c1-23(2)12-5-13-24(3,4)28(23)30-22-9-8-21(26-27-22)20-16-18(29)6-7-19(20)17-10-14-25-15-11-17/h6-11,14-16,29H,5,12-13H2,1-4H3. The minimum Gasteiger partial charge on any atom is -0.508 e. The van der Waals surface area contributed by atoms with Crippen LogP contribution in [0, 0.1) is 0 Å². The van der Waals surface area contributed by atoms with Gasteiger partial charge in [0.2, 0.25) is 0 Å². The van der Waals surface area contributed by atoms with E-state index in [1.807, 2.05) is 30.3 Å². The number of aromatic nitrogens is 3. The van der Waals surface area contributed by atoms with Crippen molar-refractivity contribution in [3.8, 4) is 34.0 Å². The molecular weight excluding hydrogens is 376 g/mol. The van der Waals surface area contributed by atoms with Crippen LogP contribution in [-0.2, 0) is 0 Å². The monoisotopic (exact) mass is 404 g/mol. The van der Waals surface area contributed by atoms with E-state index in [-0.39, 0.29) is 16.8 Å². The molecule has 1 aliphatic rings. The van der Waals surface area contributed by atoms with Gasteiger partial charge in [0.05, 0.1) is 16.8 Å². The van der Waals surface area contributed by atoms with Crippen molar-refractivity contribution in [2.24, 2.45) is 0 Å². The first-order valence-corrected chi connectivity index (χ1v) is 10.3. The summed E-state index contributed by atoms with van der Waals surface area (Å²) in [7, 11) is 0. The molecule has 0 aliphatic carbocycles. The highest BCUT2D eigenvalue weighted by Crippen LogP contribution is 2.39. The van der Waals surface area contributed by atoms with Crippen LogP contribution in [-0.4, -0.2) is 36.4 Å². The van der Waals surface area contributed by atoms with Gasteiger partial charge < -0.3 is 9.94 Å². The van der Waals surface area contributed by atoms with Crippen LogP contribution in [0.3, 0.4) is 0 Å². The van der Waals surface area contributed by atoms with E-state index in [1.54, 1.807) is 24.5 Å². The summed E-state index contributed by atoms with van der Waals surface area (Å²) >= 11 is 0. The van der Waals surface area contributed by atoms with E-state index >= 15 is 0 Å². The summed E-state index contributed by atoms with van der Waals surface area (Å²) < 4.78 is 0. The average molecular weight is 405 g/mol. The van der Waals surface area contributed by atoms with E-state index in [1.165, 1.54) is 6.42 Å². The molecule has 0 bridgehead atoms. The fraction of sp³-hybridized carbons (Fsp3) is 0.375. The van der Waals surface area contributed by atoms with Gasteiger partial charge in [0.1, 0.15) is 5.75 Å². The van der Waals surface area contributed by atoms with Crippen LogP contribution in [0.1, 0.15) is 47.0 Å². The zero-order chi connectivity index (χ0) is 21.4. The Kier molecular flexibility index (Phi) is 5.20. The summed E-state index contributed by atoms with van der Waals surface area (Å²) in [5.41, 5.74) is 3.26. The van der Waals surface area contributed by atoms with Gasteiger partial charge in [0.15, 0.2) is 0 Å². The van der Waals surface area contributed by atoms with Gasteiger partial charge in [-0.25, -0.2) is 0 Å². The smallest absolute Gasteiger partial charge is 0.257 e. The van der Waals surface area contributed by atoms with Gasteiger partial charge in [-0.1, -0.05) is 6.07 Å². The molecule has 4 rings (SSSR count). The Balaban J connectivity index is 1.64. The highest BCUT2D eigenvalue weighted by Gasteiger charge is 2.43. The summed E-state index contributed by atoms with van der Waals surface area (Å²) in [6.45, 7) is 8.79. The van der Waals surface area contributed by atoms with Crippen LogP contribution in [0.15, 0.2) is 54.9 Å². The number of phenolic OH excluding ortho intramolecular Hbond substituents is 1. The minimum atomic E-state index is -0.0815. The van der Waals surface area contributed by atoms with Gasteiger partial charge in [-0.2, -0.15) is 0 Å². The van der Waals surface area contributed by atoms with Crippen molar-refractivity contribution >= 4 is 0 Å². The third-order valence-electron chi connectivity index (χ3n) is 5.77. The quantitative estimate of drug-likeness (QED) is 0.640. The lowest BCUT2D eigenvalue weighted by molar-refractivity contribution is -0.219. The molecule has 0 radical (unpaired) electrons. The van der Waals surface area contributed by atoms with E-state index in [2.05, 4.69) is 47.9 Å². The number of aromatic hydroxyl groups is 1. The van der Waals surface area contributed by atoms with Gasteiger partial charge in [-0.15, -0.1) is 15.3 Å². The third kappa shape index (κ3) is 4.00. The first kappa shape index (κ1) is 20.3. The van der Waals surface area contributed by atoms with Crippen LogP contribution < -0.4 is 4.84 Å². The van der Waals surface area contributed by atoms with Gasteiger partial charge in [0.25, 0.3) is 5.88 Å². The SMILES string of the molecule is CC1(C)CCCC(C)(C)N1Oc1ccc(-c2cc(O)ccc2-c2ccncc2)nn1. The number of rotatable bonds is 4. The lowest BCUT2D eigenvalue weighted by atomic mass is 9.82. The number of hydrogen-bond donors (Lipinski definition) is 1. The van der Waals surface area contributed by atoms with E-state index < -0.39 is 0 Å².